The molecule has 0 aliphatic carbocycles. The van der Waals surface area contributed by atoms with Crippen LogP contribution in [0.3, 0.4) is 0 Å². The van der Waals surface area contributed by atoms with Gasteiger partial charge in [0.25, 0.3) is 0 Å². The van der Waals surface area contributed by atoms with Crippen LogP contribution in [0.4, 0.5) is 0 Å². The number of aromatic nitrogens is 4. The lowest BCUT2D eigenvalue weighted by Gasteiger charge is -2.33. The Bertz CT molecular complexity index is 769. The quantitative estimate of drug-likeness (QED) is 0.741. The fourth-order valence-corrected chi connectivity index (χ4v) is 3.48. The van der Waals surface area contributed by atoms with Crippen molar-refractivity contribution in [1.82, 2.24) is 24.4 Å². The molecule has 24 heavy (non-hydrogen) atoms. The molecular weight excluding hydrogens is 298 g/mol. The molecule has 0 radical (unpaired) electrons. The Balaban J connectivity index is 1.55. The Kier molecular flexibility index (Phi) is 4.34. The minimum atomic E-state index is 0.411. The SMILES string of the molecule is c1ccc(CN2CCC[C@@H](c3nccnc3-n3ccnc3)C2)cc1. The van der Waals surface area contributed by atoms with Gasteiger partial charge in [0.15, 0.2) is 5.82 Å². The smallest absolute Gasteiger partial charge is 0.160 e. The molecule has 3 aromatic rings. The fourth-order valence-electron chi connectivity index (χ4n) is 3.48. The highest BCUT2D eigenvalue weighted by molar-refractivity contribution is 5.31. The minimum Gasteiger partial charge on any atom is -0.298 e. The summed E-state index contributed by atoms with van der Waals surface area (Å²) in [6, 6.07) is 10.7. The van der Waals surface area contributed by atoms with Crippen molar-refractivity contribution in [3.8, 4) is 5.82 Å². The molecule has 4 rings (SSSR count). The number of nitrogens with zero attached hydrogens (tertiary/aromatic N) is 5. The topological polar surface area (TPSA) is 46.8 Å². The number of benzene rings is 1. The van der Waals surface area contributed by atoms with E-state index in [0.29, 0.717) is 5.92 Å². The van der Waals surface area contributed by atoms with Crippen LogP contribution in [0, 0.1) is 0 Å². The number of piperidine rings is 1. The van der Waals surface area contributed by atoms with Crippen molar-refractivity contribution in [2.24, 2.45) is 0 Å². The summed E-state index contributed by atoms with van der Waals surface area (Å²) >= 11 is 0. The fraction of sp³-hybridized carbons (Fsp3) is 0.316. The van der Waals surface area contributed by atoms with Crippen molar-refractivity contribution >= 4 is 0 Å². The van der Waals surface area contributed by atoms with Gasteiger partial charge in [0.1, 0.15) is 6.33 Å². The van der Waals surface area contributed by atoms with E-state index in [1.807, 2.05) is 10.8 Å². The van der Waals surface area contributed by atoms with E-state index in [-0.39, 0.29) is 0 Å². The highest BCUT2D eigenvalue weighted by Crippen LogP contribution is 2.29. The second kappa shape index (κ2) is 6.93. The molecule has 0 amide bonds. The number of rotatable bonds is 4. The van der Waals surface area contributed by atoms with Crippen molar-refractivity contribution in [2.75, 3.05) is 13.1 Å². The molecule has 0 N–H and O–H groups in total. The van der Waals surface area contributed by atoms with Gasteiger partial charge in [-0.15, -0.1) is 0 Å². The maximum atomic E-state index is 4.66. The van der Waals surface area contributed by atoms with E-state index < -0.39 is 0 Å². The van der Waals surface area contributed by atoms with Crippen LogP contribution in [-0.2, 0) is 6.54 Å². The van der Waals surface area contributed by atoms with Crippen molar-refractivity contribution in [3.63, 3.8) is 0 Å². The van der Waals surface area contributed by atoms with Gasteiger partial charge in [-0.1, -0.05) is 30.3 Å². The van der Waals surface area contributed by atoms with Crippen LogP contribution in [0.5, 0.6) is 0 Å². The summed E-state index contributed by atoms with van der Waals surface area (Å²) in [7, 11) is 0. The van der Waals surface area contributed by atoms with Crippen LogP contribution >= 0.6 is 0 Å². The van der Waals surface area contributed by atoms with E-state index in [0.717, 1.165) is 37.6 Å². The molecule has 1 fully saturated rings. The number of hydrogen-bond acceptors (Lipinski definition) is 4. The standard InChI is InChI=1S/C19H21N5/c1-2-5-16(6-3-1)13-23-11-4-7-17(14-23)18-19(22-9-8-21-18)24-12-10-20-15-24/h1-3,5-6,8-10,12,15,17H,4,7,11,13-14H2/t17-/m1/s1. The van der Waals surface area contributed by atoms with E-state index in [1.165, 1.54) is 12.0 Å². The van der Waals surface area contributed by atoms with Crippen molar-refractivity contribution in [3.05, 3.63) is 72.7 Å². The number of likely N-dealkylation sites (tertiary alicyclic amines) is 1. The third kappa shape index (κ3) is 3.21. The van der Waals surface area contributed by atoms with Crippen LogP contribution < -0.4 is 0 Å². The number of hydrogen-bond donors (Lipinski definition) is 0. The van der Waals surface area contributed by atoms with Gasteiger partial charge in [-0.25, -0.2) is 9.97 Å². The molecule has 0 unspecified atom stereocenters. The van der Waals surface area contributed by atoms with Gasteiger partial charge in [-0.3, -0.25) is 14.5 Å². The zero-order valence-electron chi connectivity index (χ0n) is 13.6. The van der Waals surface area contributed by atoms with E-state index in [1.54, 1.807) is 24.9 Å². The van der Waals surface area contributed by atoms with Gasteiger partial charge in [-0.05, 0) is 24.9 Å². The summed E-state index contributed by atoms with van der Waals surface area (Å²) in [5.74, 6) is 1.31. The predicted octanol–water partition coefficient (Wildman–Crippen LogP) is 3.04. The first-order valence-corrected chi connectivity index (χ1v) is 8.45. The maximum absolute atomic E-state index is 4.66. The molecule has 0 bridgehead atoms. The minimum absolute atomic E-state index is 0.411. The van der Waals surface area contributed by atoms with Gasteiger partial charge in [-0.2, -0.15) is 0 Å². The Hall–Kier alpha value is -2.53. The lowest BCUT2D eigenvalue weighted by atomic mass is 9.94. The molecule has 1 saturated heterocycles. The van der Waals surface area contributed by atoms with Gasteiger partial charge in [0.05, 0.1) is 5.69 Å². The summed E-state index contributed by atoms with van der Waals surface area (Å²) < 4.78 is 1.96. The van der Waals surface area contributed by atoms with Crippen LogP contribution in [0.2, 0.25) is 0 Å². The summed E-state index contributed by atoms with van der Waals surface area (Å²) in [5, 5.41) is 0. The lowest BCUT2D eigenvalue weighted by molar-refractivity contribution is 0.198. The summed E-state index contributed by atoms with van der Waals surface area (Å²) in [6.45, 7) is 3.17. The zero-order valence-corrected chi connectivity index (χ0v) is 13.6. The van der Waals surface area contributed by atoms with Gasteiger partial charge < -0.3 is 0 Å². The highest BCUT2D eigenvalue weighted by Gasteiger charge is 2.25. The molecule has 1 atom stereocenters. The van der Waals surface area contributed by atoms with E-state index >= 15 is 0 Å². The van der Waals surface area contributed by atoms with Crippen LogP contribution in [-0.4, -0.2) is 37.5 Å². The van der Waals surface area contributed by atoms with Gasteiger partial charge in [0, 0.05) is 43.8 Å². The molecule has 2 aromatic heterocycles. The normalized spacial score (nSPS) is 18.6. The molecule has 5 nitrogen and oxygen atoms in total. The Morgan fingerprint density at radius 3 is 2.75 bits per heavy atom. The predicted molar refractivity (Wildman–Crippen MR) is 92.8 cm³/mol. The van der Waals surface area contributed by atoms with E-state index in [9.17, 15) is 0 Å². The first-order chi connectivity index (χ1) is 11.9. The van der Waals surface area contributed by atoms with Gasteiger partial charge in [0.2, 0.25) is 0 Å². The van der Waals surface area contributed by atoms with E-state index in [4.69, 9.17) is 0 Å². The summed E-state index contributed by atoms with van der Waals surface area (Å²) in [6.07, 6.45) is 11.4. The van der Waals surface area contributed by atoms with Crippen molar-refractivity contribution in [1.29, 1.82) is 0 Å². The molecule has 5 heteroatoms. The van der Waals surface area contributed by atoms with Crippen LogP contribution in [0.15, 0.2) is 61.4 Å². The number of imidazole rings is 1. The molecule has 3 heterocycles. The first kappa shape index (κ1) is 15.0. The molecule has 0 spiro atoms. The summed E-state index contributed by atoms with van der Waals surface area (Å²) in [5.41, 5.74) is 2.44. The average molecular weight is 319 g/mol. The molecular formula is C19H21N5. The Labute approximate surface area is 142 Å². The van der Waals surface area contributed by atoms with E-state index in [2.05, 4.69) is 50.2 Å². The second-order valence-corrected chi connectivity index (χ2v) is 6.30. The summed E-state index contributed by atoms with van der Waals surface area (Å²) in [4.78, 5) is 15.9. The molecule has 1 aliphatic heterocycles. The maximum Gasteiger partial charge on any atom is 0.160 e. The van der Waals surface area contributed by atoms with Crippen molar-refractivity contribution < 1.29 is 0 Å². The lowest BCUT2D eigenvalue weighted by Crippen LogP contribution is -2.34. The highest BCUT2D eigenvalue weighted by atomic mass is 15.1. The molecule has 0 saturated carbocycles. The molecule has 1 aliphatic rings. The molecule has 122 valence electrons. The zero-order chi connectivity index (χ0) is 16.2. The third-order valence-corrected chi connectivity index (χ3v) is 4.60. The monoisotopic (exact) mass is 319 g/mol. The largest absolute Gasteiger partial charge is 0.298 e. The second-order valence-electron chi connectivity index (χ2n) is 6.30. The van der Waals surface area contributed by atoms with Crippen LogP contribution in [0.25, 0.3) is 5.82 Å². The van der Waals surface area contributed by atoms with Crippen molar-refractivity contribution in [2.45, 2.75) is 25.3 Å². The average Bonchev–Trinajstić information content (AvgIpc) is 3.17. The Morgan fingerprint density at radius 2 is 1.92 bits per heavy atom. The first-order valence-electron chi connectivity index (χ1n) is 8.45. The van der Waals surface area contributed by atoms with Gasteiger partial charge >= 0.3 is 0 Å². The Morgan fingerprint density at radius 1 is 1.04 bits per heavy atom. The third-order valence-electron chi connectivity index (χ3n) is 4.60. The van der Waals surface area contributed by atoms with Crippen LogP contribution in [0.1, 0.15) is 30.0 Å². The molecule has 1 aromatic carbocycles.